The molecule has 1 aromatic heterocycles. The van der Waals surface area contributed by atoms with Crippen LogP contribution in [0.25, 0.3) is 10.4 Å². The lowest BCUT2D eigenvalue weighted by atomic mass is 9.90. The standard InChI is InChI=1S/C30H39N3OS/c1-19(2)29(33-15-25-8-6-7-9-28(25)22(33)5)17-32-16-27(34)14-26(32)13-23-10-11-24(12-20(23)3)30-21(4)31-18-35-30/h6-12,18-19,25-29,34H,5,13-17H2,1-4H3. The first-order chi connectivity index (χ1) is 16.8. The van der Waals surface area contributed by atoms with Gasteiger partial charge in [-0.05, 0) is 49.3 Å². The van der Waals surface area contributed by atoms with Crippen LogP contribution in [0.1, 0.15) is 37.1 Å². The van der Waals surface area contributed by atoms with Gasteiger partial charge >= 0.3 is 0 Å². The Morgan fingerprint density at radius 3 is 2.66 bits per heavy atom. The highest BCUT2D eigenvalue weighted by atomic mass is 32.1. The van der Waals surface area contributed by atoms with E-state index >= 15 is 0 Å². The third kappa shape index (κ3) is 4.91. The summed E-state index contributed by atoms with van der Waals surface area (Å²) in [5, 5.41) is 10.7. The molecule has 5 rings (SSSR count). The zero-order valence-corrected chi connectivity index (χ0v) is 22.3. The highest BCUT2D eigenvalue weighted by Gasteiger charge is 2.40. The summed E-state index contributed by atoms with van der Waals surface area (Å²) in [5.74, 6) is 1.49. The number of aryl methyl sites for hydroxylation is 2. The van der Waals surface area contributed by atoms with Crippen LogP contribution in [0.2, 0.25) is 0 Å². The number of β-amino-alcohol motifs (C(OH)–C–C–N with tert-alkyl or cyclic N) is 1. The molecule has 4 nitrogen and oxygen atoms in total. The van der Waals surface area contributed by atoms with E-state index in [-0.39, 0.29) is 6.10 Å². The minimum atomic E-state index is -0.248. The van der Waals surface area contributed by atoms with E-state index in [1.807, 2.05) is 5.51 Å². The molecule has 3 aliphatic rings. The zero-order valence-electron chi connectivity index (χ0n) is 21.5. The quantitative estimate of drug-likeness (QED) is 0.548. The molecule has 5 atom stereocenters. The first kappa shape index (κ1) is 24.5. The predicted molar refractivity (Wildman–Crippen MR) is 146 cm³/mol. The van der Waals surface area contributed by atoms with E-state index in [9.17, 15) is 5.11 Å². The van der Waals surface area contributed by atoms with Gasteiger partial charge in [0, 0.05) is 49.3 Å². The van der Waals surface area contributed by atoms with Gasteiger partial charge in [-0.15, -0.1) is 11.3 Å². The molecule has 0 spiro atoms. The van der Waals surface area contributed by atoms with Crippen LogP contribution in [0.4, 0.5) is 0 Å². The van der Waals surface area contributed by atoms with Crippen LogP contribution < -0.4 is 0 Å². The molecule has 3 heterocycles. The van der Waals surface area contributed by atoms with E-state index in [0.29, 0.717) is 29.8 Å². The Morgan fingerprint density at radius 2 is 1.97 bits per heavy atom. The van der Waals surface area contributed by atoms with Gasteiger partial charge in [-0.3, -0.25) is 4.90 Å². The highest BCUT2D eigenvalue weighted by molar-refractivity contribution is 7.13. The van der Waals surface area contributed by atoms with Crippen molar-refractivity contribution in [2.24, 2.45) is 17.8 Å². The topological polar surface area (TPSA) is 39.6 Å². The van der Waals surface area contributed by atoms with Crippen LogP contribution in [0.3, 0.4) is 0 Å². The van der Waals surface area contributed by atoms with E-state index in [4.69, 9.17) is 0 Å². The second kappa shape index (κ2) is 10.0. The molecule has 186 valence electrons. The highest BCUT2D eigenvalue weighted by Crippen LogP contribution is 2.39. The molecule has 35 heavy (non-hydrogen) atoms. The Balaban J connectivity index is 1.31. The minimum absolute atomic E-state index is 0.248. The van der Waals surface area contributed by atoms with Gasteiger partial charge in [0.25, 0.3) is 0 Å². The molecule has 2 fully saturated rings. The molecule has 2 saturated heterocycles. The van der Waals surface area contributed by atoms with Crippen molar-refractivity contribution in [1.29, 1.82) is 0 Å². The summed E-state index contributed by atoms with van der Waals surface area (Å²) in [7, 11) is 0. The lowest BCUT2D eigenvalue weighted by Crippen LogP contribution is -2.47. The molecule has 5 heteroatoms. The van der Waals surface area contributed by atoms with Crippen LogP contribution >= 0.6 is 11.3 Å². The van der Waals surface area contributed by atoms with Gasteiger partial charge in [0.15, 0.2) is 0 Å². The zero-order chi connectivity index (χ0) is 24.7. The van der Waals surface area contributed by atoms with E-state index < -0.39 is 0 Å². The van der Waals surface area contributed by atoms with Crippen molar-refractivity contribution in [2.45, 2.75) is 58.7 Å². The third-order valence-corrected chi connectivity index (χ3v) is 9.29. The fourth-order valence-corrected chi connectivity index (χ4v) is 7.07. The monoisotopic (exact) mass is 489 g/mol. The molecule has 5 unspecified atom stereocenters. The summed E-state index contributed by atoms with van der Waals surface area (Å²) in [5.41, 5.74) is 8.25. The Hall–Kier alpha value is -2.21. The van der Waals surface area contributed by atoms with Crippen molar-refractivity contribution in [1.82, 2.24) is 14.8 Å². The molecule has 2 aromatic rings. The predicted octanol–water partition coefficient (Wildman–Crippen LogP) is 5.62. The van der Waals surface area contributed by atoms with Crippen molar-refractivity contribution in [2.75, 3.05) is 19.6 Å². The van der Waals surface area contributed by atoms with Crippen molar-refractivity contribution >= 4 is 11.3 Å². The van der Waals surface area contributed by atoms with Crippen molar-refractivity contribution in [3.05, 3.63) is 77.1 Å². The normalized spacial score (nSPS) is 27.3. The summed E-state index contributed by atoms with van der Waals surface area (Å²) in [6, 6.07) is 7.60. The molecular formula is C30H39N3OS. The van der Waals surface area contributed by atoms with Crippen molar-refractivity contribution in [3.8, 4) is 10.4 Å². The second-order valence-corrected chi connectivity index (χ2v) is 11.9. The first-order valence-corrected chi connectivity index (χ1v) is 13.9. The SMILES string of the molecule is C=C1C2C=CC=CC2CN1C(CN1CC(O)CC1Cc1ccc(-c2scnc2C)cc1C)C(C)C. The van der Waals surface area contributed by atoms with Gasteiger partial charge in [0.2, 0.25) is 0 Å². The number of hydrogen-bond acceptors (Lipinski definition) is 5. The summed E-state index contributed by atoms with van der Waals surface area (Å²) in [6.07, 6.45) is 10.6. The number of nitrogens with zero attached hydrogens (tertiary/aromatic N) is 3. The van der Waals surface area contributed by atoms with Gasteiger partial charge in [0.05, 0.1) is 22.2 Å². The van der Waals surface area contributed by atoms with Crippen LogP contribution in [0, 0.1) is 31.6 Å². The van der Waals surface area contributed by atoms with Gasteiger partial charge in [-0.1, -0.05) is 62.9 Å². The molecule has 0 radical (unpaired) electrons. The summed E-state index contributed by atoms with van der Waals surface area (Å²) in [6.45, 7) is 16.3. The number of rotatable bonds is 7. The molecule has 1 N–H and O–H groups in total. The summed E-state index contributed by atoms with van der Waals surface area (Å²) >= 11 is 1.71. The smallest absolute Gasteiger partial charge is 0.0801 e. The number of thiazole rings is 1. The minimum Gasteiger partial charge on any atom is -0.392 e. The van der Waals surface area contributed by atoms with Crippen LogP contribution in [-0.4, -0.2) is 57.7 Å². The largest absolute Gasteiger partial charge is 0.392 e. The average Bonchev–Trinajstić information content (AvgIpc) is 3.50. The number of benzene rings is 1. The van der Waals surface area contributed by atoms with Gasteiger partial charge in [-0.2, -0.15) is 0 Å². The third-order valence-electron chi connectivity index (χ3n) is 8.31. The molecule has 0 bridgehead atoms. The number of likely N-dealkylation sites (tertiary alicyclic amines) is 2. The van der Waals surface area contributed by atoms with E-state index in [0.717, 1.165) is 38.2 Å². The van der Waals surface area contributed by atoms with E-state index in [1.165, 1.54) is 27.3 Å². The van der Waals surface area contributed by atoms with Gasteiger partial charge in [-0.25, -0.2) is 4.98 Å². The van der Waals surface area contributed by atoms with Crippen LogP contribution in [-0.2, 0) is 6.42 Å². The maximum absolute atomic E-state index is 10.7. The summed E-state index contributed by atoms with van der Waals surface area (Å²) < 4.78 is 0. The Morgan fingerprint density at radius 1 is 1.17 bits per heavy atom. The average molecular weight is 490 g/mol. The van der Waals surface area contributed by atoms with Crippen molar-refractivity contribution < 1.29 is 5.11 Å². The maximum atomic E-state index is 10.7. The lowest BCUT2D eigenvalue weighted by Gasteiger charge is -2.38. The molecule has 0 saturated carbocycles. The molecular weight excluding hydrogens is 450 g/mol. The second-order valence-electron chi connectivity index (χ2n) is 11.0. The molecule has 2 aliphatic heterocycles. The van der Waals surface area contributed by atoms with E-state index in [2.05, 4.69) is 91.6 Å². The van der Waals surface area contributed by atoms with Crippen LogP contribution in [0.5, 0.6) is 0 Å². The first-order valence-electron chi connectivity index (χ1n) is 13.0. The lowest BCUT2D eigenvalue weighted by molar-refractivity contribution is 0.124. The molecule has 1 aliphatic carbocycles. The Bertz CT molecular complexity index is 1130. The van der Waals surface area contributed by atoms with Gasteiger partial charge in [0.1, 0.15) is 0 Å². The Labute approximate surface area is 214 Å². The number of aliphatic hydroxyl groups excluding tert-OH is 1. The van der Waals surface area contributed by atoms with Gasteiger partial charge < -0.3 is 10.0 Å². The fraction of sp³-hybridized carbons (Fsp3) is 0.500. The van der Waals surface area contributed by atoms with Crippen molar-refractivity contribution in [3.63, 3.8) is 0 Å². The van der Waals surface area contributed by atoms with E-state index in [1.54, 1.807) is 11.3 Å². The van der Waals surface area contributed by atoms with Crippen LogP contribution in [0.15, 0.2) is 60.3 Å². The molecule has 1 aromatic carbocycles. The number of allylic oxidation sites excluding steroid dienone is 3. The summed E-state index contributed by atoms with van der Waals surface area (Å²) in [4.78, 5) is 10.8. The number of fused-ring (bicyclic) bond motifs is 1. The molecule has 0 amide bonds. The number of hydrogen-bond donors (Lipinski definition) is 1. The number of aromatic nitrogens is 1. The number of aliphatic hydroxyl groups is 1. The Kier molecular flexibility index (Phi) is 7.02. The maximum Gasteiger partial charge on any atom is 0.0801 e. The fourth-order valence-electron chi connectivity index (χ4n) is 6.27.